The van der Waals surface area contributed by atoms with Crippen molar-refractivity contribution in [1.82, 2.24) is 14.8 Å². The van der Waals surface area contributed by atoms with Crippen LogP contribution >= 0.6 is 11.3 Å². The quantitative estimate of drug-likeness (QED) is 0.772. The lowest BCUT2D eigenvalue weighted by Gasteiger charge is -2.01. The number of anilines is 1. The highest BCUT2D eigenvalue weighted by molar-refractivity contribution is 7.22. The predicted octanol–water partition coefficient (Wildman–Crippen LogP) is 2.29. The van der Waals surface area contributed by atoms with Gasteiger partial charge in [0, 0.05) is 7.05 Å². The van der Waals surface area contributed by atoms with Crippen molar-refractivity contribution in [3.63, 3.8) is 0 Å². The van der Waals surface area contributed by atoms with E-state index in [0.717, 1.165) is 20.5 Å². The number of thiazole rings is 1. The van der Waals surface area contributed by atoms with Gasteiger partial charge in [0.1, 0.15) is 0 Å². The number of benzene rings is 1. The van der Waals surface area contributed by atoms with E-state index < -0.39 is 11.9 Å². The Hall–Kier alpha value is -2.74. The molecule has 2 aromatic heterocycles. The molecule has 8 heteroatoms. The Balaban J connectivity index is 1.93. The van der Waals surface area contributed by atoms with Crippen LogP contribution in [0.15, 0.2) is 24.4 Å². The normalized spacial score (nSPS) is 10.8. The van der Waals surface area contributed by atoms with E-state index in [1.54, 1.807) is 0 Å². The molecule has 2 heterocycles. The van der Waals surface area contributed by atoms with Gasteiger partial charge in [-0.05, 0) is 18.6 Å². The molecule has 0 atom stereocenters. The largest absolute Gasteiger partial charge is 0.477 e. The lowest BCUT2D eigenvalue weighted by atomic mass is 10.2. The Morgan fingerprint density at radius 1 is 1.36 bits per heavy atom. The average Bonchev–Trinajstić information content (AvgIpc) is 3.02. The summed E-state index contributed by atoms with van der Waals surface area (Å²) in [6, 6.07) is 5.78. The molecule has 2 N–H and O–H groups in total. The van der Waals surface area contributed by atoms with Crippen LogP contribution < -0.4 is 5.32 Å². The fourth-order valence-corrected chi connectivity index (χ4v) is 3.10. The van der Waals surface area contributed by atoms with Crippen molar-refractivity contribution in [3.8, 4) is 0 Å². The van der Waals surface area contributed by atoms with Crippen LogP contribution in [0.2, 0.25) is 0 Å². The molecule has 112 valence electrons. The molecule has 0 bridgehead atoms. The molecule has 22 heavy (non-hydrogen) atoms. The number of rotatable bonds is 3. The van der Waals surface area contributed by atoms with E-state index in [1.807, 2.05) is 25.1 Å². The van der Waals surface area contributed by atoms with E-state index in [0.29, 0.717) is 5.13 Å². The molecule has 0 radical (unpaired) electrons. The van der Waals surface area contributed by atoms with Crippen LogP contribution in [-0.4, -0.2) is 31.7 Å². The van der Waals surface area contributed by atoms with Crippen molar-refractivity contribution in [2.45, 2.75) is 6.92 Å². The molecule has 0 spiro atoms. The molecule has 3 aromatic rings. The zero-order valence-corrected chi connectivity index (χ0v) is 12.6. The van der Waals surface area contributed by atoms with Crippen molar-refractivity contribution >= 4 is 38.6 Å². The summed E-state index contributed by atoms with van der Waals surface area (Å²) < 4.78 is 2.11. The third kappa shape index (κ3) is 2.33. The molecule has 3 rings (SSSR count). The second kappa shape index (κ2) is 5.23. The molecular formula is C14H12N4O3S. The molecule has 7 nitrogen and oxygen atoms in total. The van der Waals surface area contributed by atoms with Crippen LogP contribution in [0.4, 0.5) is 5.13 Å². The summed E-state index contributed by atoms with van der Waals surface area (Å²) in [6.07, 6.45) is 1.23. The van der Waals surface area contributed by atoms with Crippen LogP contribution in [0.3, 0.4) is 0 Å². The summed E-state index contributed by atoms with van der Waals surface area (Å²) in [5.41, 5.74) is 1.69. The molecule has 0 aliphatic carbocycles. The summed E-state index contributed by atoms with van der Waals surface area (Å²) in [5.74, 6) is -1.74. The van der Waals surface area contributed by atoms with Gasteiger partial charge in [-0.25, -0.2) is 9.78 Å². The van der Waals surface area contributed by atoms with Gasteiger partial charge in [0.2, 0.25) is 0 Å². The standard InChI is InChI=1S/C14H12N4O3S/c1-7-4-3-5-9-10(7)16-14(22-9)17-12(19)8-6-15-18(2)11(8)13(20)21/h3-6H,1-2H3,(H,20,21)(H,16,17,19). The van der Waals surface area contributed by atoms with Crippen molar-refractivity contribution < 1.29 is 14.7 Å². The SMILES string of the molecule is Cc1cccc2sc(NC(=O)c3cnn(C)c3C(=O)O)nc12. The molecule has 0 aliphatic heterocycles. The molecule has 0 unspecified atom stereocenters. The minimum Gasteiger partial charge on any atom is -0.477 e. The number of hydrogen-bond donors (Lipinski definition) is 2. The monoisotopic (exact) mass is 316 g/mol. The van der Waals surface area contributed by atoms with E-state index in [2.05, 4.69) is 15.4 Å². The Labute approximate surface area is 129 Å². The van der Waals surface area contributed by atoms with Gasteiger partial charge in [0.15, 0.2) is 10.8 Å². The molecule has 1 aromatic carbocycles. The number of nitrogens with zero attached hydrogens (tertiary/aromatic N) is 3. The van der Waals surface area contributed by atoms with Gasteiger partial charge < -0.3 is 5.11 Å². The van der Waals surface area contributed by atoms with Gasteiger partial charge in [-0.3, -0.25) is 14.8 Å². The number of aromatic nitrogens is 3. The van der Waals surface area contributed by atoms with E-state index in [9.17, 15) is 9.59 Å². The topological polar surface area (TPSA) is 97.1 Å². The minimum atomic E-state index is -1.20. The number of amides is 1. The maximum atomic E-state index is 12.3. The second-order valence-corrected chi connectivity index (χ2v) is 5.76. The van der Waals surface area contributed by atoms with Crippen molar-refractivity contribution in [3.05, 3.63) is 41.2 Å². The first-order valence-corrected chi connectivity index (χ1v) is 7.22. The minimum absolute atomic E-state index is 0.00554. The van der Waals surface area contributed by atoms with Crippen LogP contribution in [0.5, 0.6) is 0 Å². The zero-order chi connectivity index (χ0) is 15.9. The lowest BCUT2D eigenvalue weighted by Crippen LogP contribution is -2.17. The molecular weight excluding hydrogens is 304 g/mol. The van der Waals surface area contributed by atoms with E-state index in [-0.39, 0.29) is 11.3 Å². The Morgan fingerprint density at radius 2 is 2.14 bits per heavy atom. The fraction of sp³-hybridized carbons (Fsp3) is 0.143. The third-order valence-electron chi connectivity index (χ3n) is 3.23. The van der Waals surface area contributed by atoms with Gasteiger partial charge >= 0.3 is 5.97 Å². The predicted molar refractivity (Wildman–Crippen MR) is 82.5 cm³/mol. The van der Waals surface area contributed by atoms with Gasteiger partial charge in [-0.1, -0.05) is 23.5 Å². The second-order valence-electron chi connectivity index (χ2n) is 4.73. The smallest absolute Gasteiger partial charge is 0.354 e. The number of fused-ring (bicyclic) bond motifs is 1. The Kier molecular flexibility index (Phi) is 3.38. The number of aryl methyl sites for hydroxylation is 2. The van der Waals surface area contributed by atoms with Gasteiger partial charge in [0.25, 0.3) is 5.91 Å². The van der Waals surface area contributed by atoms with Crippen molar-refractivity contribution in [2.24, 2.45) is 7.05 Å². The van der Waals surface area contributed by atoms with Crippen LogP contribution in [0.1, 0.15) is 26.4 Å². The van der Waals surface area contributed by atoms with Crippen LogP contribution in [0.25, 0.3) is 10.2 Å². The summed E-state index contributed by atoms with van der Waals surface area (Å²) in [6.45, 7) is 1.94. The van der Waals surface area contributed by atoms with Gasteiger partial charge in [-0.2, -0.15) is 5.10 Å². The third-order valence-corrected chi connectivity index (χ3v) is 4.16. The summed E-state index contributed by atoms with van der Waals surface area (Å²) in [4.78, 5) is 27.8. The summed E-state index contributed by atoms with van der Waals surface area (Å²) >= 11 is 1.34. The number of carboxylic acid groups (broad SMARTS) is 1. The Morgan fingerprint density at radius 3 is 2.82 bits per heavy atom. The lowest BCUT2D eigenvalue weighted by molar-refractivity contribution is 0.0680. The number of carbonyl (C=O) groups is 2. The summed E-state index contributed by atoms with van der Waals surface area (Å²) in [7, 11) is 1.47. The number of hydrogen-bond acceptors (Lipinski definition) is 5. The number of para-hydroxylation sites is 1. The molecule has 0 aliphatic rings. The maximum Gasteiger partial charge on any atom is 0.354 e. The van der Waals surface area contributed by atoms with E-state index in [4.69, 9.17) is 5.11 Å². The van der Waals surface area contributed by atoms with E-state index >= 15 is 0 Å². The maximum absolute atomic E-state index is 12.3. The Bertz CT molecular complexity index is 897. The summed E-state index contributed by atoms with van der Waals surface area (Å²) in [5, 5.41) is 16.0. The molecule has 0 saturated heterocycles. The van der Waals surface area contributed by atoms with Crippen LogP contribution in [0, 0.1) is 6.92 Å². The molecule has 0 saturated carbocycles. The highest BCUT2D eigenvalue weighted by atomic mass is 32.1. The highest BCUT2D eigenvalue weighted by Gasteiger charge is 2.22. The van der Waals surface area contributed by atoms with Gasteiger partial charge in [0.05, 0.1) is 22.0 Å². The number of aromatic carboxylic acids is 1. The number of nitrogens with one attached hydrogen (secondary N) is 1. The molecule has 1 amide bonds. The van der Waals surface area contributed by atoms with Crippen molar-refractivity contribution in [2.75, 3.05) is 5.32 Å². The first kappa shape index (κ1) is 14.2. The number of carboxylic acids is 1. The first-order valence-electron chi connectivity index (χ1n) is 6.40. The van der Waals surface area contributed by atoms with Gasteiger partial charge in [-0.15, -0.1) is 0 Å². The zero-order valence-electron chi connectivity index (χ0n) is 11.8. The van der Waals surface area contributed by atoms with E-state index in [1.165, 1.54) is 24.6 Å². The van der Waals surface area contributed by atoms with Crippen LogP contribution in [-0.2, 0) is 7.05 Å². The fourth-order valence-electron chi connectivity index (χ4n) is 2.16. The number of carbonyl (C=O) groups excluding carboxylic acids is 1. The highest BCUT2D eigenvalue weighted by Crippen LogP contribution is 2.28. The average molecular weight is 316 g/mol. The first-order chi connectivity index (χ1) is 10.5. The molecule has 0 fully saturated rings. The van der Waals surface area contributed by atoms with Crippen molar-refractivity contribution in [1.29, 1.82) is 0 Å².